The van der Waals surface area contributed by atoms with Crippen LogP contribution in [0.4, 0.5) is 0 Å². The lowest BCUT2D eigenvalue weighted by Gasteiger charge is -2.06. The van der Waals surface area contributed by atoms with E-state index in [1.807, 2.05) is 12.1 Å². The Hall–Kier alpha value is -0.550. The van der Waals surface area contributed by atoms with E-state index in [2.05, 4.69) is 28.3 Å². The number of unbranched alkanes of at least 4 members (excludes halogenated alkanes) is 7. The van der Waals surface area contributed by atoms with Gasteiger partial charge in [-0.3, -0.25) is 0 Å². The van der Waals surface area contributed by atoms with Gasteiger partial charge in [-0.1, -0.05) is 64.0 Å². The van der Waals surface area contributed by atoms with E-state index in [1.54, 1.807) is 0 Å². The Kier molecular flexibility index (Phi) is 8.94. The summed E-state index contributed by atoms with van der Waals surface area (Å²) in [7, 11) is 2.69. The minimum Gasteiger partial charge on any atom is -0.494 e. The van der Waals surface area contributed by atoms with Crippen molar-refractivity contribution in [3.05, 3.63) is 24.3 Å². The van der Waals surface area contributed by atoms with Crippen LogP contribution in [-0.2, 0) is 0 Å². The molecule has 0 aliphatic carbocycles. The third-order valence-electron chi connectivity index (χ3n) is 3.15. The highest BCUT2D eigenvalue weighted by Gasteiger charge is 1.94. The van der Waals surface area contributed by atoms with Crippen LogP contribution in [0.1, 0.15) is 58.3 Å². The van der Waals surface area contributed by atoms with Gasteiger partial charge in [-0.2, -0.15) is 0 Å². The Bertz CT molecular complexity index is 294. The monoisotopic (exact) mass is 266 g/mol. The first-order chi connectivity index (χ1) is 8.83. The first-order valence-corrected chi connectivity index (χ1v) is 7.89. The Labute approximate surface area is 115 Å². The highest BCUT2D eigenvalue weighted by molar-refractivity contribution is 7.27. The Morgan fingerprint density at radius 2 is 1.39 bits per heavy atom. The number of rotatable bonds is 10. The van der Waals surface area contributed by atoms with Crippen molar-refractivity contribution in [2.45, 2.75) is 58.3 Å². The fraction of sp³-hybridized carbons (Fsp3) is 0.625. The molecule has 0 saturated carbocycles. The molecule has 0 aliphatic heterocycles. The standard InChI is InChI=1S/C16H27OP/c1-2-3-4-5-6-7-8-9-14-17-15-10-12-16(18)13-11-15/h10-13H,2-9,14,18H2,1H3. The van der Waals surface area contributed by atoms with Crippen LogP contribution in [-0.4, -0.2) is 6.61 Å². The third-order valence-corrected chi connectivity index (χ3v) is 3.53. The van der Waals surface area contributed by atoms with E-state index in [9.17, 15) is 0 Å². The SMILES string of the molecule is CCCCCCCCCCOc1ccc(P)cc1. The van der Waals surface area contributed by atoms with Crippen LogP contribution in [0.25, 0.3) is 0 Å². The summed E-state index contributed by atoms with van der Waals surface area (Å²) in [6.45, 7) is 3.12. The summed E-state index contributed by atoms with van der Waals surface area (Å²) >= 11 is 0. The first kappa shape index (κ1) is 15.5. The lowest BCUT2D eigenvalue weighted by molar-refractivity contribution is 0.304. The Balaban J connectivity index is 1.91. The molecule has 0 spiro atoms. The van der Waals surface area contributed by atoms with Gasteiger partial charge in [-0.05, 0) is 23.9 Å². The molecule has 0 radical (unpaired) electrons. The van der Waals surface area contributed by atoms with E-state index in [1.165, 1.54) is 56.7 Å². The topological polar surface area (TPSA) is 9.23 Å². The number of hydrogen-bond donors (Lipinski definition) is 0. The smallest absolute Gasteiger partial charge is 0.119 e. The van der Waals surface area contributed by atoms with E-state index < -0.39 is 0 Å². The highest BCUT2D eigenvalue weighted by Crippen LogP contribution is 2.11. The molecule has 1 atom stereocenters. The molecule has 2 heteroatoms. The molecule has 0 aromatic heterocycles. The molecule has 0 fully saturated rings. The molecule has 1 rings (SSSR count). The molecule has 0 heterocycles. The zero-order valence-electron chi connectivity index (χ0n) is 11.7. The summed E-state index contributed by atoms with van der Waals surface area (Å²) < 4.78 is 5.70. The van der Waals surface area contributed by atoms with Gasteiger partial charge in [0, 0.05) is 0 Å². The second-order valence-electron chi connectivity index (χ2n) is 4.89. The van der Waals surface area contributed by atoms with Gasteiger partial charge >= 0.3 is 0 Å². The predicted octanol–water partition coefficient (Wildman–Crippen LogP) is 4.71. The first-order valence-electron chi connectivity index (χ1n) is 7.31. The largest absolute Gasteiger partial charge is 0.494 e. The van der Waals surface area contributed by atoms with Crippen LogP contribution in [0.5, 0.6) is 5.75 Å². The summed E-state index contributed by atoms with van der Waals surface area (Å²) in [5.74, 6) is 0.990. The van der Waals surface area contributed by atoms with Gasteiger partial charge in [-0.15, -0.1) is 9.24 Å². The molecular weight excluding hydrogens is 239 g/mol. The summed E-state index contributed by atoms with van der Waals surface area (Å²) in [5, 5.41) is 1.20. The number of ether oxygens (including phenoxy) is 1. The van der Waals surface area contributed by atoms with Gasteiger partial charge in [0.2, 0.25) is 0 Å². The van der Waals surface area contributed by atoms with Crippen molar-refractivity contribution in [2.24, 2.45) is 0 Å². The maximum atomic E-state index is 5.70. The average molecular weight is 266 g/mol. The summed E-state index contributed by atoms with van der Waals surface area (Å²) in [5.41, 5.74) is 0. The van der Waals surface area contributed by atoms with Crippen molar-refractivity contribution in [2.75, 3.05) is 6.61 Å². The second kappa shape index (κ2) is 10.4. The number of benzene rings is 1. The molecular formula is C16H27OP. The molecule has 1 aromatic rings. The lowest BCUT2D eigenvalue weighted by Crippen LogP contribution is -1.98. The minimum atomic E-state index is 0.852. The highest BCUT2D eigenvalue weighted by atomic mass is 31.0. The normalized spacial score (nSPS) is 10.6. The van der Waals surface area contributed by atoms with Crippen molar-refractivity contribution >= 4 is 14.5 Å². The quantitative estimate of drug-likeness (QED) is 0.440. The van der Waals surface area contributed by atoms with Gasteiger partial charge < -0.3 is 4.74 Å². The van der Waals surface area contributed by atoms with Crippen molar-refractivity contribution in [3.8, 4) is 5.75 Å². The van der Waals surface area contributed by atoms with E-state index >= 15 is 0 Å². The fourth-order valence-electron chi connectivity index (χ4n) is 1.99. The molecule has 1 unspecified atom stereocenters. The average Bonchev–Trinajstić information content (AvgIpc) is 2.39. The maximum absolute atomic E-state index is 5.70. The zero-order valence-corrected chi connectivity index (χ0v) is 12.8. The third kappa shape index (κ3) is 7.71. The fourth-order valence-corrected chi connectivity index (χ4v) is 2.18. The van der Waals surface area contributed by atoms with Crippen molar-refractivity contribution in [1.29, 1.82) is 0 Å². The molecule has 0 aliphatic rings. The van der Waals surface area contributed by atoms with Crippen LogP contribution >= 0.6 is 9.24 Å². The Morgan fingerprint density at radius 1 is 0.833 bits per heavy atom. The minimum absolute atomic E-state index is 0.852. The summed E-state index contributed by atoms with van der Waals surface area (Å²) in [6, 6.07) is 8.20. The lowest BCUT2D eigenvalue weighted by atomic mass is 10.1. The van der Waals surface area contributed by atoms with Crippen LogP contribution < -0.4 is 10.0 Å². The maximum Gasteiger partial charge on any atom is 0.119 e. The van der Waals surface area contributed by atoms with Crippen LogP contribution in [0, 0.1) is 0 Å². The summed E-state index contributed by atoms with van der Waals surface area (Å²) in [4.78, 5) is 0. The van der Waals surface area contributed by atoms with Crippen LogP contribution in [0.15, 0.2) is 24.3 Å². The molecule has 1 nitrogen and oxygen atoms in total. The van der Waals surface area contributed by atoms with Gasteiger partial charge in [0.25, 0.3) is 0 Å². The van der Waals surface area contributed by atoms with E-state index in [-0.39, 0.29) is 0 Å². The summed E-state index contributed by atoms with van der Waals surface area (Å²) in [6.07, 6.45) is 10.8. The molecule has 102 valence electrons. The van der Waals surface area contributed by atoms with Crippen LogP contribution in [0.3, 0.4) is 0 Å². The number of hydrogen-bond acceptors (Lipinski definition) is 1. The molecule has 1 aromatic carbocycles. The van der Waals surface area contributed by atoms with E-state index in [0.29, 0.717) is 0 Å². The van der Waals surface area contributed by atoms with Crippen molar-refractivity contribution in [3.63, 3.8) is 0 Å². The van der Waals surface area contributed by atoms with E-state index in [4.69, 9.17) is 4.74 Å². The van der Waals surface area contributed by atoms with Crippen molar-refractivity contribution < 1.29 is 4.74 Å². The second-order valence-corrected chi connectivity index (χ2v) is 5.56. The van der Waals surface area contributed by atoms with Crippen molar-refractivity contribution in [1.82, 2.24) is 0 Å². The van der Waals surface area contributed by atoms with Gasteiger partial charge in [0.05, 0.1) is 6.61 Å². The molecule has 0 bridgehead atoms. The molecule has 0 N–H and O–H groups in total. The molecule has 18 heavy (non-hydrogen) atoms. The van der Waals surface area contributed by atoms with Gasteiger partial charge in [0.1, 0.15) is 5.75 Å². The van der Waals surface area contributed by atoms with E-state index in [0.717, 1.165) is 12.4 Å². The van der Waals surface area contributed by atoms with Gasteiger partial charge in [0.15, 0.2) is 0 Å². The molecule has 0 amide bonds. The molecule has 0 saturated heterocycles. The zero-order chi connectivity index (χ0) is 13.1. The van der Waals surface area contributed by atoms with Crippen LogP contribution in [0.2, 0.25) is 0 Å². The predicted molar refractivity (Wildman–Crippen MR) is 83.9 cm³/mol. The Morgan fingerprint density at radius 3 is 2.00 bits per heavy atom. The van der Waals surface area contributed by atoms with Gasteiger partial charge in [-0.25, -0.2) is 0 Å².